The lowest BCUT2D eigenvalue weighted by atomic mass is 9.98. The normalized spacial score (nSPS) is 12.4. The number of benzene rings is 3. The first-order valence-electron chi connectivity index (χ1n) is 18.4. The molecule has 0 aliphatic heterocycles. The highest BCUT2D eigenvalue weighted by molar-refractivity contribution is 6.11. The minimum absolute atomic E-state index is 0.115. The van der Waals surface area contributed by atoms with Crippen molar-refractivity contribution < 1.29 is 38.0 Å². The van der Waals surface area contributed by atoms with Gasteiger partial charge in [-0.2, -0.15) is 0 Å². The van der Waals surface area contributed by atoms with E-state index in [1.54, 1.807) is 12.2 Å². The Morgan fingerprint density at radius 3 is 1.56 bits per heavy atom. The average molecular weight is 691 g/mol. The van der Waals surface area contributed by atoms with E-state index >= 15 is 0 Å². The van der Waals surface area contributed by atoms with Gasteiger partial charge in [0.15, 0.2) is 12.2 Å². The number of carbonyl (C=O) groups is 2. The molecule has 3 aromatic rings. The molecular formula is C42H58O8. The average Bonchev–Trinajstić information content (AvgIpc) is 3.12. The molecule has 0 spiro atoms. The highest BCUT2D eigenvalue weighted by atomic mass is 16.6. The predicted octanol–water partition coefficient (Wildman–Crippen LogP) is 9.48. The molecule has 3 aromatic carbocycles. The summed E-state index contributed by atoms with van der Waals surface area (Å²) in [6.07, 6.45) is 11.7. The summed E-state index contributed by atoms with van der Waals surface area (Å²) in [5.41, 5.74) is 1.14. The van der Waals surface area contributed by atoms with Crippen molar-refractivity contribution in [2.24, 2.45) is 0 Å². The van der Waals surface area contributed by atoms with Crippen LogP contribution in [0.25, 0.3) is 21.5 Å². The van der Waals surface area contributed by atoms with Crippen LogP contribution >= 0.6 is 0 Å². The molecule has 274 valence electrons. The number of hydrogen-bond acceptors (Lipinski definition) is 8. The van der Waals surface area contributed by atoms with Crippen LogP contribution in [0.2, 0.25) is 0 Å². The highest BCUT2D eigenvalue weighted by Crippen LogP contribution is 2.43. The molecule has 0 heterocycles. The SMILES string of the molecule is C=CCOCC(COc1c2ccccc2c(OCC(COCC=C)OC(=O)CCCCCC)c2cc(CC)ccc12)OC(=O)CCCCCC. The van der Waals surface area contributed by atoms with Gasteiger partial charge in [-0.05, 0) is 30.9 Å². The summed E-state index contributed by atoms with van der Waals surface area (Å²) in [4.78, 5) is 25.5. The number of rotatable bonds is 27. The third-order valence-electron chi connectivity index (χ3n) is 8.37. The van der Waals surface area contributed by atoms with Gasteiger partial charge in [0, 0.05) is 34.4 Å². The fourth-order valence-electron chi connectivity index (χ4n) is 5.71. The second-order valence-electron chi connectivity index (χ2n) is 12.6. The van der Waals surface area contributed by atoms with Gasteiger partial charge in [-0.25, -0.2) is 0 Å². The summed E-state index contributed by atoms with van der Waals surface area (Å²) in [7, 11) is 0. The van der Waals surface area contributed by atoms with Crippen LogP contribution in [0.3, 0.4) is 0 Å². The monoisotopic (exact) mass is 690 g/mol. The van der Waals surface area contributed by atoms with E-state index in [1.807, 2.05) is 30.3 Å². The van der Waals surface area contributed by atoms with Gasteiger partial charge in [0.2, 0.25) is 0 Å². The molecule has 0 aliphatic carbocycles. The maximum Gasteiger partial charge on any atom is 0.306 e. The third-order valence-corrected chi connectivity index (χ3v) is 8.37. The molecule has 0 aliphatic rings. The number of aryl methyl sites for hydroxylation is 1. The Kier molecular flexibility index (Phi) is 19.1. The summed E-state index contributed by atoms with van der Waals surface area (Å²) in [6.45, 7) is 15.1. The minimum Gasteiger partial charge on any atom is -0.488 e. The van der Waals surface area contributed by atoms with Crippen LogP contribution in [-0.4, -0.2) is 63.8 Å². The fraction of sp³-hybridized carbons (Fsp3) is 0.524. The molecule has 8 heteroatoms. The number of unbranched alkanes of at least 4 members (excludes halogenated alkanes) is 6. The third kappa shape index (κ3) is 13.4. The molecule has 3 rings (SSSR count). The van der Waals surface area contributed by atoms with Gasteiger partial charge in [-0.15, -0.1) is 13.2 Å². The summed E-state index contributed by atoms with van der Waals surface area (Å²) < 4.78 is 36.3. The van der Waals surface area contributed by atoms with Crippen molar-refractivity contribution in [1.29, 1.82) is 0 Å². The number of esters is 2. The minimum atomic E-state index is -0.597. The van der Waals surface area contributed by atoms with Crippen molar-refractivity contribution in [1.82, 2.24) is 0 Å². The van der Waals surface area contributed by atoms with E-state index in [9.17, 15) is 9.59 Å². The summed E-state index contributed by atoms with van der Waals surface area (Å²) >= 11 is 0. The maximum absolute atomic E-state index is 12.8. The van der Waals surface area contributed by atoms with E-state index in [1.165, 1.54) is 0 Å². The van der Waals surface area contributed by atoms with Crippen LogP contribution in [0, 0.1) is 0 Å². The van der Waals surface area contributed by atoms with Crippen LogP contribution in [0.4, 0.5) is 0 Å². The molecule has 0 radical (unpaired) electrons. The quantitative estimate of drug-likeness (QED) is 0.0338. The van der Waals surface area contributed by atoms with Gasteiger partial charge < -0.3 is 28.4 Å². The van der Waals surface area contributed by atoms with E-state index in [2.05, 4.69) is 46.1 Å². The lowest BCUT2D eigenvalue weighted by molar-refractivity contribution is -0.154. The molecule has 0 bridgehead atoms. The molecule has 0 amide bonds. The second kappa shape index (κ2) is 23.5. The number of fused-ring (bicyclic) bond motifs is 2. The molecule has 50 heavy (non-hydrogen) atoms. The Labute approximate surface area is 299 Å². The van der Waals surface area contributed by atoms with E-state index in [0.29, 0.717) is 37.6 Å². The summed E-state index contributed by atoms with van der Waals surface area (Å²) in [5, 5.41) is 3.44. The van der Waals surface area contributed by atoms with E-state index in [4.69, 9.17) is 28.4 Å². The van der Waals surface area contributed by atoms with Crippen LogP contribution in [0.1, 0.15) is 90.5 Å². The molecule has 0 saturated heterocycles. The van der Waals surface area contributed by atoms with E-state index in [0.717, 1.165) is 84.9 Å². The van der Waals surface area contributed by atoms with Gasteiger partial charge in [0.05, 0.1) is 26.4 Å². The molecule has 0 saturated carbocycles. The molecule has 0 fully saturated rings. The van der Waals surface area contributed by atoms with E-state index < -0.39 is 12.2 Å². The largest absolute Gasteiger partial charge is 0.488 e. The highest BCUT2D eigenvalue weighted by Gasteiger charge is 2.22. The van der Waals surface area contributed by atoms with Crippen molar-refractivity contribution in [3.05, 3.63) is 73.3 Å². The van der Waals surface area contributed by atoms with E-state index in [-0.39, 0.29) is 38.4 Å². The van der Waals surface area contributed by atoms with Crippen molar-refractivity contribution in [3.8, 4) is 11.5 Å². The van der Waals surface area contributed by atoms with Gasteiger partial charge in [-0.1, -0.05) is 108 Å². The molecule has 0 N–H and O–H groups in total. The lowest BCUT2D eigenvalue weighted by Crippen LogP contribution is -2.30. The second-order valence-corrected chi connectivity index (χ2v) is 12.6. The molecule has 2 atom stereocenters. The van der Waals surface area contributed by atoms with Crippen molar-refractivity contribution >= 4 is 33.5 Å². The Morgan fingerprint density at radius 2 is 1.10 bits per heavy atom. The first-order valence-corrected chi connectivity index (χ1v) is 18.4. The predicted molar refractivity (Wildman–Crippen MR) is 201 cm³/mol. The number of hydrogen-bond donors (Lipinski definition) is 0. The van der Waals surface area contributed by atoms with Crippen LogP contribution in [-0.2, 0) is 35.0 Å². The van der Waals surface area contributed by atoms with Gasteiger partial charge in [0.1, 0.15) is 24.7 Å². The Hall–Kier alpha value is -3.88. The maximum atomic E-state index is 12.8. The molecule has 8 nitrogen and oxygen atoms in total. The zero-order valence-electron chi connectivity index (χ0n) is 30.6. The lowest BCUT2D eigenvalue weighted by Gasteiger charge is -2.23. The Bertz CT molecular complexity index is 1480. The van der Waals surface area contributed by atoms with Crippen LogP contribution < -0.4 is 9.47 Å². The number of carbonyl (C=O) groups excluding carboxylic acids is 2. The van der Waals surface area contributed by atoms with Crippen LogP contribution in [0.15, 0.2) is 67.8 Å². The first-order chi connectivity index (χ1) is 24.4. The zero-order chi connectivity index (χ0) is 36.0. The summed E-state index contributed by atoms with van der Waals surface area (Å²) in [6, 6.07) is 14.2. The molecular weight excluding hydrogens is 632 g/mol. The number of ether oxygens (including phenoxy) is 6. The molecule has 0 aromatic heterocycles. The standard InChI is InChI=1S/C42H58O8/c1-6-11-13-15-21-39(43)49-33(28-45-25-8-3)30-47-41-35-19-17-18-20-36(35)42(38-27-32(10-5)23-24-37(38)41)48-31-34(29-46-26-9-4)50-40(44)22-16-14-12-7-2/h8-9,17-20,23-24,27,33-34H,3-4,6-7,10-16,21-22,25-26,28-31H2,1-2,5H3. The van der Waals surface area contributed by atoms with Crippen molar-refractivity contribution in [2.75, 3.05) is 39.6 Å². The van der Waals surface area contributed by atoms with Crippen molar-refractivity contribution in [2.45, 2.75) is 104 Å². The topological polar surface area (TPSA) is 89.5 Å². The Balaban J connectivity index is 1.91. The summed E-state index contributed by atoms with van der Waals surface area (Å²) in [5.74, 6) is 0.839. The molecule has 2 unspecified atom stereocenters. The van der Waals surface area contributed by atoms with Gasteiger partial charge in [-0.3, -0.25) is 9.59 Å². The Morgan fingerprint density at radius 1 is 0.620 bits per heavy atom. The smallest absolute Gasteiger partial charge is 0.306 e. The fourth-order valence-corrected chi connectivity index (χ4v) is 5.71. The van der Waals surface area contributed by atoms with Gasteiger partial charge in [0.25, 0.3) is 0 Å². The van der Waals surface area contributed by atoms with Crippen molar-refractivity contribution in [3.63, 3.8) is 0 Å². The van der Waals surface area contributed by atoms with Crippen LogP contribution in [0.5, 0.6) is 11.5 Å². The van der Waals surface area contributed by atoms with Gasteiger partial charge >= 0.3 is 11.9 Å². The first kappa shape index (κ1) is 40.5. The zero-order valence-corrected chi connectivity index (χ0v) is 30.6.